The van der Waals surface area contributed by atoms with Crippen LogP contribution >= 0.6 is 15.9 Å². The molecule has 1 heterocycles. The summed E-state index contributed by atoms with van der Waals surface area (Å²) in [4.78, 5) is 13.4. The van der Waals surface area contributed by atoms with E-state index in [0.717, 1.165) is 22.3 Å². The molecule has 1 aromatic carbocycles. The third-order valence-electron chi connectivity index (χ3n) is 2.77. The Morgan fingerprint density at radius 1 is 1.39 bits per heavy atom. The van der Waals surface area contributed by atoms with Gasteiger partial charge in [-0.05, 0) is 47.1 Å². The van der Waals surface area contributed by atoms with E-state index in [1.165, 1.54) is 0 Å². The first-order valence-electron chi connectivity index (χ1n) is 5.60. The molecule has 0 radical (unpaired) electrons. The number of carbonyl (C=O) groups is 1. The van der Waals surface area contributed by atoms with Crippen molar-refractivity contribution < 1.29 is 9.21 Å². The SMILES string of the molecule is CC(=O)c1ccc(N(C)Cc2ccoc2)cc1Br. The number of hydrogen-bond donors (Lipinski definition) is 0. The molecule has 0 fully saturated rings. The quantitative estimate of drug-likeness (QED) is 0.804. The first-order chi connectivity index (χ1) is 8.58. The van der Waals surface area contributed by atoms with Crippen LogP contribution in [0.2, 0.25) is 0 Å². The Balaban J connectivity index is 2.18. The Morgan fingerprint density at radius 2 is 2.17 bits per heavy atom. The maximum Gasteiger partial charge on any atom is 0.160 e. The van der Waals surface area contributed by atoms with Crippen LogP contribution < -0.4 is 4.90 Å². The van der Waals surface area contributed by atoms with Crippen LogP contribution in [0.25, 0.3) is 0 Å². The second-order valence-electron chi connectivity index (χ2n) is 4.21. The molecule has 2 rings (SSSR count). The summed E-state index contributed by atoms with van der Waals surface area (Å²) in [5.41, 5.74) is 2.87. The molecule has 0 saturated heterocycles. The number of hydrogen-bond acceptors (Lipinski definition) is 3. The minimum Gasteiger partial charge on any atom is -0.472 e. The van der Waals surface area contributed by atoms with Crippen LogP contribution in [-0.4, -0.2) is 12.8 Å². The Kier molecular flexibility index (Phi) is 3.87. The predicted molar refractivity (Wildman–Crippen MR) is 75.0 cm³/mol. The van der Waals surface area contributed by atoms with Gasteiger partial charge in [0.1, 0.15) is 0 Å². The highest BCUT2D eigenvalue weighted by Crippen LogP contribution is 2.25. The van der Waals surface area contributed by atoms with Crippen LogP contribution in [0.15, 0.2) is 45.7 Å². The number of anilines is 1. The van der Waals surface area contributed by atoms with Gasteiger partial charge in [0.2, 0.25) is 0 Å². The van der Waals surface area contributed by atoms with Gasteiger partial charge in [-0.25, -0.2) is 0 Å². The van der Waals surface area contributed by atoms with Gasteiger partial charge in [-0.15, -0.1) is 0 Å². The molecule has 4 heteroatoms. The average Bonchev–Trinajstić information content (AvgIpc) is 2.81. The maximum absolute atomic E-state index is 11.3. The Bertz CT molecular complexity index is 549. The number of nitrogens with zero attached hydrogens (tertiary/aromatic N) is 1. The smallest absolute Gasteiger partial charge is 0.160 e. The zero-order valence-electron chi connectivity index (χ0n) is 10.3. The highest BCUT2D eigenvalue weighted by molar-refractivity contribution is 9.10. The molecule has 1 aromatic heterocycles. The highest BCUT2D eigenvalue weighted by Gasteiger charge is 2.08. The summed E-state index contributed by atoms with van der Waals surface area (Å²) in [7, 11) is 2.00. The summed E-state index contributed by atoms with van der Waals surface area (Å²) >= 11 is 3.43. The van der Waals surface area contributed by atoms with Gasteiger partial charge in [-0.1, -0.05) is 0 Å². The lowest BCUT2D eigenvalue weighted by Crippen LogP contribution is -2.16. The van der Waals surface area contributed by atoms with Crippen LogP contribution in [0.4, 0.5) is 5.69 Å². The lowest BCUT2D eigenvalue weighted by Gasteiger charge is -2.19. The number of halogens is 1. The van der Waals surface area contributed by atoms with Crippen LogP contribution in [0.1, 0.15) is 22.8 Å². The fourth-order valence-electron chi connectivity index (χ4n) is 1.77. The largest absolute Gasteiger partial charge is 0.472 e. The second-order valence-corrected chi connectivity index (χ2v) is 5.06. The van der Waals surface area contributed by atoms with Crippen molar-refractivity contribution in [3.05, 3.63) is 52.4 Å². The number of carbonyl (C=O) groups excluding carboxylic acids is 1. The molecule has 0 aliphatic carbocycles. The third kappa shape index (κ3) is 2.82. The molecule has 0 saturated carbocycles. The number of furan rings is 1. The zero-order chi connectivity index (χ0) is 13.1. The molecular formula is C14H14BrNO2. The van der Waals surface area contributed by atoms with E-state index in [2.05, 4.69) is 20.8 Å². The summed E-state index contributed by atoms with van der Waals surface area (Å²) in [6.07, 6.45) is 3.40. The van der Waals surface area contributed by atoms with E-state index in [-0.39, 0.29) is 5.78 Å². The Hall–Kier alpha value is -1.55. The summed E-state index contributed by atoms with van der Waals surface area (Å²) in [6, 6.07) is 7.68. The summed E-state index contributed by atoms with van der Waals surface area (Å²) in [5, 5.41) is 0. The molecule has 0 atom stereocenters. The standard InChI is InChI=1S/C14H14BrNO2/c1-10(17)13-4-3-12(7-14(13)15)16(2)8-11-5-6-18-9-11/h3-7,9H,8H2,1-2H3. The molecule has 0 N–H and O–H groups in total. The summed E-state index contributed by atoms with van der Waals surface area (Å²) < 4.78 is 5.87. The number of benzene rings is 1. The van der Waals surface area contributed by atoms with Crippen molar-refractivity contribution in [1.29, 1.82) is 0 Å². The van der Waals surface area contributed by atoms with E-state index in [4.69, 9.17) is 4.42 Å². The van der Waals surface area contributed by atoms with Gasteiger partial charge < -0.3 is 9.32 Å². The Morgan fingerprint density at radius 3 is 2.72 bits per heavy atom. The van der Waals surface area contributed by atoms with E-state index in [1.807, 2.05) is 31.3 Å². The fourth-order valence-corrected chi connectivity index (χ4v) is 2.42. The van der Waals surface area contributed by atoms with E-state index < -0.39 is 0 Å². The van der Waals surface area contributed by atoms with Gasteiger partial charge in [0, 0.05) is 34.9 Å². The molecule has 0 bridgehead atoms. The van der Waals surface area contributed by atoms with Gasteiger partial charge >= 0.3 is 0 Å². The lowest BCUT2D eigenvalue weighted by molar-refractivity contribution is 0.101. The van der Waals surface area contributed by atoms with Crippen molar-refractivity contribution in [2.24, 2.45) is 0 Å². The van der Waals surface area contributed by atoms with E-state index in [0.29, 0.717) is 5.56 Å². The zero-order valence-corrected chi connectivity index (χ0v) is 11.9. The summed E-state index contributed by atoms with van der Waals surface area (Å²) in [5.74, 6) is 0.0610. The first-order valence-corrected chi connectivity index (χ1v) is 6.40. The highest BCUT2D eigenvalue weighted by atomic mass is 79.9. The fraction of sp³-hybridized carbons (Fsp3) is 0.214. The van der Waals surface area contributed by atoms with E-state index >= 15 is 0 Å². The molecule has 0 amide bonds. The molecular weight excluding hydrogens is 294 g/mol. The van der Waals surface area contributed by atoms with Gasteiger partial charge in [0.15, 0.2) is 5.78 Å². The van der Waals surface area contributed by atoms with Gasteiger partial charge in [0.05, 0.1) is 12.5 Å². The molecule has 18 heavy (non-hydrogen) atoms. The third-order valence-corrected chi connectivity index (χ3v) is 3.43. The molecule has 94 valence electrons. The van der Waals surface area contributed by atoms with Crippen LogP contribution in [-0.2, 0) is 6.54 Å². The van der Waals surface area contributed by atoms with Crippen LogP contribution in [0.5, 0.6) is 0 Å². The first kappa shape index (κ1) is 12.9. The number of rotatable bonds is 4. The van der Waals surface area contributed by atoms with Gasteiger partial charge in [-0.2, -0.15) is 0 Å². The molecule has 0 aliphatic heterocycles. The molecule has 0 spiro atoms. The topological polar surface area (TPSA) is 33.5 Å². The van der Waals surface area contributed by atoms with Crippen molar-refractivity contribution in [3.8, 4) is 0 Å². The van der Waals surface area contributed by atoms with Crippen molar-refractivity contribution in [2.45, 2.75) is 13.5 Å². The number of Topliss-reactive ketones (excluding diaryl/α,β-unsaturated/α-hetero) is 1. The van der Waals surface area contributed by atoms with E-state index in [9.17, 15) is 4.79 Å². The van der Waals surface area contributed by atoms with Crippen molar-refractivity contribution in [1.82, 2.24) is 0 Å². The minimum absolute atomic E-state index is 0.0610. The normalized spacial score (nSPS) is 10.4. The van der Waals surface area contributed by atoms with Crippen molar-refractivity contribution in [3.63, 3.8) is 0 Å². The Labute approximate surface area is 115 Å². The van der Waals surface area contributed by atoms with Crippen LogP contribution in [0.3, 0.4) is 0 Å². The van der Waals surface area contributed by atoms with Crippen molar-refractivity contribution in [2.75, 3.05) is 11.9 Å². The monoisotopic (exact) mass is 307 g/mol. The molecule has 2 aromatic rings. The predicted octanol–water partition coefficient (Wildman–Crippen LogP) is 3.88. The minimum atomic E-state index is 0.0610. The van der Waals surface area contributed by atoms with Gasteiger partial charge in [-0.3, -0.25) is 4.79 Å². The van der Waals surface area contributed by atoms with E-state index in [1.54, 1.807) is 19.5 Å². The lowest BCUT2D eigenvalue weighted by atomic mass is 10.1. The van der Waals surface area contributed by atoms with Gasteiger partial charge in [0.25, 0.3) is 0 Å². The maximum atomic E-state index is 11.3. The average molecular weight is 308 g/mol. The number of ketones is 1. The van der Waals surface area contributed by atoms with Crippen LogP contribution in [0, 0.1) is 0 Å². The molecule has 0 unspecified atom stereocenters. The van der Waals surface area contributed by atoms with Crippen molar-refractivity contribution >= 4 is 27.4 Å². The second kappa shape index (κ2) is 5.40. The molecule has 0 aliphatic rings. The summed E-state index contributed by atoms with van der Waals surface area (Å²) in [6.45, 7) is 2.33. The molecule has 3 nitrogen and oxygen atoms in total.